The summed E-state index contributed by atoms with van der Waals surface area (Å²) in [6.45, 7) is 1.00. The molecule has 0 radical (unpaired) electrons. The number of methoxy groups -OCH3 is 1. The zero-order valence-corrected chi connectivity index (χ0v) is 8.37. The lowest BCUT2D eigenvalue weighted by Gasteiger charge is -2.13. The first-order valence-corrected chi connectivity index (χ1v) is 4.59. The van der Waals surface area contributed by atoms with Gasteiger partial charge in [-0.05, 0) is 18.6 Å². The number of anilines is 1. The van der Waals surface area contributed by atoms with Gasteiger partial charge in [0, 0.05) is 24.8 Å². The first kappa shape index (κ1) is 8.89. The Morgan fingerprint density at radius 1 is 1.50 bits per heavy atom. The van der Waals surface area contributed by atoms with E-state index in [1.54, 1.807) is 7.11 Å². The number of likely N-dealkylation sites (N-methyl/N-ethyl adjacent to an activating group) is 1. The molecule has 0 aromatic heterocycles. The lowest BCUT2D eigenvalue weighted by atomic mass is 10.1. The molecule has 1 aromatic carbocycles. The largest absolute Gasteiger partial charge is 0.495 e. The summed E-state index contributed by atoms with van der Waals surface area (Å²) in [5.74, 6) is 0.745. The van der Waals surface area contributed by atoms with E-state index >= 15 is 0 Å². The number of benzene rings is 1. The predicted molar refractivity (Wildman–Crippen MR) is 54.7 cm³/mol. The lowest BCUT2D eigenvalue weighted by molar-refractivity contribution is 0.410. The van der Waals surface area contributed by atoms with Gasteiger partial charge < -0.3 is 9.64 Å². The number of nitrogens with zero attached hydrogens (tertiary/aromatic N) is 2. The Morgan fingerprint density at radius 2 is 2.29 bits per heavy atom. The number of fused-ring (bicyclic) bond motifs is 1. The second-order valence-electron chi connectivity index (χ2n) is 3.43. The number of hydrogen-bond acceptors (Lipinski definition) is 3. The second-order valence-corrected chi connectivity index (χ2v) is 3.43. The Hall–Kier alpha value is -1.69. The standard InChI is InChI=1S/C11H12N2O/c1-13-6-5-9-10(13)4-3-8(7-12)11(9)14-2/h3-4H,5-6H2,1-2H3. The molecular weight excluding hydrogens is 176 g/mol. The molecule has 0 spiro atoms. The van der Waals surface area contributed by atoms with Crippen LogP contribution in [-0.2, 0) is 6.42 Å². The van der Waals surface area contributed by atoms with Crippen LogP contribution in [0.5, 0.6) is 5.75 Å². The molecule has 0 fully saturated rings. The van der Waals surface area contributed by atoms with E-state index in [0.717, 1.165) is 24.3 Å². The van der Waals surface area contributed by atoms with Gasteiger partial charge in [-0.2, -0.15) is 5.26 Å². The summed E-state index contributed by atoms with van der Waals surface area (Å²) < 4.78 is 5.28. The molecule has 0 bridgehead atoms. The minimum Gasteiger partial charge on any atom is -0.495 e. The fourth-order valence-corrected chi connectivity index (χ4v) is 1.94. The van der Waals surface area contributed by atoms with E-state index in [0.29, 0.717) is 5.56 Å². The highest BCUT2D eigenvalue weighted by Gasteiger charge is 2.21. The van der Waals surface area contributed by atoms with E-state index in [1.165, 1.54) is 5.69 Å². The molecule has 1 aromatic rings. The topological polar surface area (TPSA) is 36.3 Å². The molecule has 3 heteroatoms. The van der Waals surface area contributed by atoms with Crippen LogP contribution in [0.1, 0.15) is 11.1 Å². The molecule has 14 heavy (non-hydrogen) atoms. The second kappa shape index (κ2) is 3.22. The number of rotatable bonds is 1. The number of ether oxygens (including phenoxy) is 1. The van der Waals surface area contributed by atoms with Gasteiger partial charge in [-0.15, -0.1) is 0 Å². The Morgan fingerprint density at radius 3 is 2.93 bits per heavy atom. The normalized spacial score (nSPS) is 13.6. The van der Waals surface area contributed by atoms with Crippen molar-refractivity contribution in [2.45, 2.75) is 6.42 Å². The van der Waals surface area contributed by atoms with Crippen LogP contribution < -0.4 is 9.64 Å². The molecule has 0 atom stereocenters. The number of nitriles is 1. The van der Waals surface area contributed by atoms with Crippen LogP contribution >= 0.6 is 0 Å². The van der Waals surface area contributed by atoms with Crippen molar-refractivity contribution in [2.75, 3.05) is 25.6 Å². The van der Waals surface area contributed by atoms with Gasteiger partial charge in [0.1, 0.15) is 11.8 Å². The van der Waals surface area contributed by atoms with Gasteiger partial charge in [-0.1, -0.05) is 0 Å². The maximum absolute atomic E-state index is 8.90. The average Bonchev–Trinajstić information content (AvgIpc) is 2.59. The highest BCUT2D eigenvalue weighted by molar-refractivity contribution is 5.67. The molecule has 1 heterocycles. The van der Waals surface area contributed by atoms with Crippen LogP contribution in [0, 0.1) is 11.3 Å². The van der Waals surface area contributed by atoms with Gasteiger partial charge in [0.25, 0.3) is 0 Å². The van der Waals surface area contributed by atoms with E-state index in [1.807, 2.05) is 12.1 Å². The van der Waals surface area contributed by atoms with Crippen molar-refractivity contribution < 1.29 is 4.74 Å². The summed E-state index contributed by atoms with van der Waals surface area (Å²) in [4.78, 5) is 2.18. The molecule has 0 amide bonds. The van der Waals surface area contributed by atoms with Crippen molar-refractivity contribution in [1.29, 1.82) is 5.26 Å². The summed E-state index contributed by atoms with van der Waals surface area (Å²) >= 11 is 0. The molecule has 72 valence electrons. The molecule has 1 aliphatic heterocycles. The van der Waals surface area contributed by atoms with Gasteiger partial charge in [0.2, 0.25) is 0 Å². The quantitative estimate of drug-likeness (QED) is 0.671. The van der Waals surface area contributed by atoms with Crippen molar-refractivity contribution in [2.24, 2.45) is 0 Å². The van der Waals surface area contributed by atoms with Crippen molar-refractivity contribution in [1.82, 2.24) is 0 Å². The fraction of sp³-hybridized carbons (Fsp3) is 0.364. The molecule has 3 nitrogen and oxygen atoms in total. The fourth-order valence-electron chi connectivity index (χ4n) is 1.94. The number of hydrogen-bond donors (Lipinski definition) is 0. The van der Waals surface area contributed by atoms with Crippen molar-refractivity contribution in [3.63, 3.8) is 0 Å². The first-order valence-electron chi connectivity index (χ1n) is 4.59. The third-order valence-electron chi connectivity index (χ3n) is 2.67. The molecular formula is C11H12N2O. The van der Waals surface area contributed by atoms with Gasteiger partial charge in [-0.25, -0.2) is 0 Å². The van der Waals surface area contributed by atoms with Crippen LogP contribution in [-0.4, -0.2) is 20.7 Å². The Labute approximate surface area is 83.5 Å². The van der Waals surface area contributed by atoms with Crippen molar-refractivity contribution in [3.8, 4) is 11.8 Å². The third kappa shape index (κ3) is 1.12. The zero-order valence-electron chi connectivity index (χ0n) is 8.37. The van der Waals surface area contributed by atoms with Gasteiger partial charge in [0.05, 0.1) is 12.7 Å². The minimum atomic E-state index is 0.626. The molecule has 0 N–H and O–H groups in total. The van der Waals surface area contributed by atoms with Crippen LogP contribution in [0.4, 0.5) is 5.69 Å². The van der Waals surface area contributed by atoms with Crippen molar-refractivity contribution >= 4 is 5.69 Å². The summed E-state index contributed by atoms with van der Waals surface area (Å²) in [5.41, 5.74) is 2.97. The van der Waals surface area contributed by atoms with Crippen LogP contribution in [0.25, 0.3) is 0 Å². The molecule has 2 rings (SSSR count). The maximum atomic E-state index is 8.90. The molecule has 0 saturated heterocycles. The smallest absolute Gasteiger partial charge is 0.141 e. The van der Waals surface area contributed by atoms with Crippen LogP contribution in [0.3, 0.4) is 0 Å². The molecule has 0 aliphatic carbocycles. The summed E-state index contributed by atoms with van der Waals surface area (Å²) in [6, 6.07) is 5.96. The van der Waals surface area contributed by atoms with E-state index in [-0.39, 0.29) is 0 Å². The van der Waals surface area contributed by atoms with E-state index in [2.05, 4.69) is 18.0 Å². The Bertz CT molecular complexity index is 406. The summed E-state index contributed by atoms with van der Waals surface area (Å²) in [7, 11) is 3.67. The minimum absolute atomic E-state index is 0.626. The average molecular weight is 188 g/mol. The van der Waals surface area contributed by atoms with Crippen LogP contribution in [0.15, 0.2) is 12.1 Å². The first-order chi connectivity index (χ1) is 6.77. The SMILES string of the molecule is COc1c(C#N)ccc2c1CCN2C. The van der Waals surface area contributed by atoms with E-state index in [4.69, 9.17) is 10.00 Å². The van der Waals surface area contributed by atoms with E-state index in [9.17, 15) is 0 Å². The Balaban J connectivity index is 2.61. The highest BCUT2D eigenvalue weighted by atomic mass is 16.5. The highest BCUT2D eigenvalue weighted by Crippen LogP contribution is 2.36. The lowest BCUT2D eigenvalue weighted by Crippen LogP contribution is -2.12. The molecule has 0 unspecified atom stereocenters. The predicted octanol–water partition coefficient (Wildman–Crippen LogP) is 1.56. The van der Waals surface area contributed by atoms with E-state index < -0.39 is 0 Å². The molecule has 1 aliphatic rings. The zero-order chi connectivity index (χ0) is 10.1. The molecule has 0 saturated carbocycles. The summed E-state index contributed by atoms with van der Waals surface area (Å²) in [6.07, 6.45) is 0.963. The Kier molecular flexibility index (Phi) is 2.05. The monoisotopic (exact) mass is 188 g/mol. The van der Waals surface area contributed by atoms with Gasteiger partial charge in [0.15, 0.2) is 0 Å². The summed E-state index contributed by atoms with van der Waals surface area (Å²) in [5, 5.41) is 8.90. The van der Waals surface area contributed by atoms with Gasteiger partial charge in [-0.3, -0.25) is 0 Å². The van der Waals surface area contributed by atoms with Crippen molar-refractivity contribution in [3.05, 3.63) is 23.3 Å². The maximum Gasteiger partial charge on any atom is 0.141 e. The van der Waals surface area contributed by atoms with Gasteiger partial charge >= 0.3 is 0 Å². The van der Waals surface area contributed by atoms with Crippen LogP contribution in [0.2, 0.25) is 0 Å². The third-order valence-corrected chi connectivity index (χ3v) is 2.67.